The molecule has 0 radical (unpaired) electrons. The smallest absolute Gasteiger partial charge is 0.139 e. The van der Waals surface area contributed by atoms with Crippen LogP contribution in [0.3, 0.4) is 0 Å². The lowest BCUT2D eigenvalue weighted by Crippen LogP contribution is -1.98. The Hall–Kier alpha value is -2.67. The molecule has 1 aromatic carbocycles. The summed E-state index contributed by atoms with van der Waals surface area (Å²) in [6.45, 7) is 0. The van der Waals surface area contributed by atoms with E-state index in [9.17, 15) is 5.11 Å². The molecule has 2 heterocycles. The third kappa shape index (κ3) is 2.84. The van der Waals surface area contributed by atoms with E-state index >= 15 is 0 Å². The number of hydrogen-bond donors (Lipinski definition) is 5. The number of aromatic hydroxyl groups is 1. The van der Waals surface area contributed by atoms with Crippen molar-refractivity contribution in [2.75, 3.05) is 12.4 Å². The summed E-state index contributed by atoms with van der Waals surface area (Å²) < 4.78 is 0. The molecule has 0 saturated carbocycles. The fourth-order valence-corrected chi connectivity index (χ4v) is 2.82. The van der Waals surface area contributed by atoms with Crippen molar-refractivity contribution in [3.63, 3.8) is 0 Å². The first-order chi connectivity index (χ1) is 10.7. The third-order valence-electron chi connectivity index (χ3n) is 3.20. The number of anilines is 1. The molecule has 6 nitrogen and oxygen atoms in total. The summed E-state index contributed by atoms with van der Waals surface area (Å²) in [4.78, 5) is 0.794. The zero-order valence-corrected chi connectivity index (χ0v) is 12.7. The van der Waals surface area contributed by atoms with E-state index in [-0.39, 0.29) is 5.75 Å². The van der Waals surface area contributed by atoms with E-state index in [4.69, 9.17) is 5.41 Å². The van der Waals surface area contributed by atoms with Crippen LogP contribution in [0.15, 0.2) is 52.8 Å². The molecule has 5 N–H and O–H groups in total. The summed E-state index contributed by atoms with van der Waals surface area (Å²) >= 11 is 1.48. The van der Waals surface area contributed by atoms with Crippen LogP contribution < -0.4 is 10.6 Å². The van der Waals surface area contributed by atoms with Gasteiger partial charge in [0.25, 0.3) is 0 Å². The van der Waals surface area contributed by atoms with Crippen molar-refractivity contribution in [2.45, 2.75) is 0 Å². The molecule has 112 valence electrons. The predicted molar refractivity (Wildman–Crippen MR) is 89.9 cm³/mol. The van der Waals surface area contributed by atoms with Crippen LogP contribution in [0.25, 0.3) is 11.1 Å². The molecule has 0 aliphatic carbocycles. The van der Waals surface area contributed by atoms with Gasteiger partial charge in [-0.3, -0.25) is 10.5 Å². The Morgan fingerprint density at radius 2 is 2.23 bits per heavy atom. The van der Waals surface area contributed by atoms with Crippen LogP contribution in [-0.2, 0) is 0 Å². The van der Waals surface area contributed by atoms with Crippen LogP contribution in [0.1, 0.15) is 0 Å². The summed E-state index contributed by atoms with van der Waals surface area (Å²) in [5.74, 6) is 0.145. The molecule has 0 fully saturated rings. The molecule has 0 saturated heterocycles. The van der Waals surface area contributed by atoms with Gasteiger partial charge in [-0.1, -0.05) is 17.8 Å². The van der Waals surface area contributed by atoms with Crippen molar-refractivity contribution in [3.8, 4) is 16.9 Å². The molecular weight excluding hydrogens is 298 g/mol. The Labute approximate surface area is 131 Å². The minimum Gasteiger partial charge on any atom is -0.506 e. The first-order valence-corrected chi connectivity index (χ1v) is 7.44. The van der Waals surface area contributed by atoms with Crippen LogP contribution >= 0.6 is 11.8 Å². The average molecular weight is 313 g/mol. The zero-order valence-electron chi connectivity index (χ0n) is 11.8. The van der Waals surface area contributed by atoms with Gasteiger partial charge in [0.05, 0.1) is 27.5 Å². The highest BCUT2D eigenvalue weighted by molar-refractivity contribution is 8.08. The van der Waals surface area contributed by atoms with Crippen LogP contribution in [0.5, 0.6) is 5.75 Å². The molecule has 0 bridgehead atoms. The number of aromatic nitrogens is 2. The van der Waals surface area contributed by atoms with Crippen molar-refractivity contribution in [2.24, 2.45) is 0 Å². The molecule has 0 atom stereocenters. The predicted octanol–water partition coefficient (Wildman–Crippen LogP) is 2.86. The van der Waals surface area contributed by atoms with E-state index in [0.29, 0.717) is 11.4 Å². The van der Waals surface area contributed by atoms with Crippen molar-refractivity contribution >= 4 is 23.2 Å². The Balaban J connectivity index is 1.76. The van der Waals surface area contributed by atoms with Gasteiger partial charge >= 0.3 is 0 Å². The standard InChI is InChI=1S/C15H15N5OS/c1-17-15-5-11(16)14(22-15)8-18-12-3-2-9(4-13(12)21)10-6-19-20-7-10/h2-8,16-18,21H,1H3,(H,19,20)/b14-8+,16-11?. The van der Waals surface area contributed by atoms with Gasteiger partial charge in [-0.15, -0.1) is 0 Å². The first-order valence-electron chi connectivity index (χ1n) is 6.62. The van der Waals surface area contributed by atoms with Gasteiger partial charge in [-0.2, -0.15) is 5.10 Å². The Bertz CT molecular complexity index is 764. The van der Waals surface area contributed by atoms with Crippen LogP contribution in [-0.4, -0.2) is 28.1 Å². The van der Waals surface area contributed by atoms with Gasteiger partial charge in [0, 0.05) is 25.0 Å². The zero-order chi connectivity index (χ0) is 15.5. The number of nitrogens with zero attached hydrogens (tertiary/aromatic N) is 1. The number of phenols is 1. The topological polar surface area (TPSA) is 96.8 Å². The van der Waals surface area contributed by atoms with E-state index < -0.39 is 0 Å². The van der Waals surface area contributed by atoms with Gasteiger partial charge in [0.1, 0.15) is 5.75 Å². The van der Waals surface area contributed by atoms with E-state index in [1.807, 2.05) is 13.1 Å². The number of benzene rings is 1. The largest absolute Gasteiger partial charge is 0.506 e. The van der Waals surface area contributed by atoms with Crippen LogP contribution in [0, 0.1) is 5.41 Å². The number of phenolic OH excluding ortho intramolecular Hbond substituents is 1. The molecular formula is C15H15N5OS. The molecule has 1 aliphatic heterocycles. The SMILES string of the molecule is CNC1=CC(=N)/C(=C\Nc2ccc(-c3cn[nH]c3)cc2O)S1. The molecule has 0 spiro atoms. The van der Waals surface area contributed by atoms with E-state index in [1.54, 1.807) is 36.8 Å². The maximum absolute atomic E-state index is 10.1. The lowest BCUT2D eigenvalue weighted by atomic mass is 10.1. The summed E-state index contributed by atoms with van der Waals surface area (Å²) in [6, 6.07) is 5.37. The van der Waals surface area contributed by atoms with Crippen molar-refractivity contribution in [1.82, 2.24) is 15.5 Å². The number of H-pyrrole nitrogens is 1. The molecule has 22 heavy (non-hydrogen) atoms. The van der Waals surface area contributed by atoms with Gasteiger partial charge in [-0.05, 0) is 23.8 Å². The number of aromatic amines is 1. The Morgan fingerprint density at radius 3 is 2.86 bits per heavy atom. The van der Waals surface area contributed by atoms with E-state index in [2.05, 4.69) is 20.8 Å². The van der Waals surface area contributed by atoms with E-state index in [0.717, 1.165) is 21.1 Å². The molecule has 7 heteroatoms. The third-order valence-corrected chi connectivity index (χ3v) is 4.29. The molecule has 0 unspecified atom stereocenters. The molecule has 3 rings (SSSR count). The highest BCUT2D eigenvalue weighted by Crippen LogP contribution is 2.33. The van der Waals surface area contributed by atoms with Crippen molar-refractivity contribution in [1.29, 1.82) is 5.41 Å². The summed E-state index contributed by atoms with van der Waals surface area (Å²) in [6.07, 6.45) is 6.96. The van der Waals surface area contributed by atoms with Gasteiger partial charge in [-0.25, -0.2) is 0 Å². The van der Waals surface area contributed by atoms with Crippen molar-refractivity contribution in [3.05, 3.63) is 52.8 Å². The summed E-state index contributed by atoms with van der Waals surface area (Å²) in [5.41, 5.74) is 2.82. The number of nitrogens with one attached hydrogen (secondary N) is 4. The number of thioether (sulfide) groups is 1. The number of hydrogen-bond acceptors (Lipinski definition) is 6. The first kappa shape index (κ1) is 14.3. The highest BCUT2D eigenvalue weighted by Gasteiger charge is 2.15. The van der Waals surface area contributed by atoms with Crippen LogP contribution in [0.4, 0.5) is 5.69 Å². The molecule has 2 aromatic rings. The maximum atomic E-state index is 10.1. The van der Waals surface area contributed by atoms with E-state index in [1.165, 1.54) is 11.8 Å². The Kier molecular flexibility index (Phi) is 3.88. The monoisotopic (exact) mass is 313 g/mol. The highest BCUT2D eigenvalue weighted by atomic mass is 32.2. The maximum Gasteiger partial charge on any atom is 0.139 e. The number of allylic oxidation sites excluding steroid dienone is 2. The van der Waals surface area contributed by atoms with Crippen molar-refractivity contribution < 1.29 is 5.11 Å². The molecule has 1 aromatic heterocycles. The second kappa shape index (κ2) is 5.98. The lowest BCUT2D eigenvalue weighted by Gasteiger charge is -2.07. The fourth-order valence-electron chi connectivity index (χ4n) is 2.02. The fraction of sp³-hybridized carbons (Fsp3) is 0.0667. The molecule has 1 aliphatic rings. The quantitative estimate of drug-likeness (QED) is 0.559. The second-order valence-corrected chi connectivity index (χ2v) is 5.73. The second-order valence-electron chi connectivity index (χ2n) is 4.65. The average Bonchev–Trinajstić information content (AvgIpc) is 3.16. The van der Waals surface area contributed by atoms with Crippen LogP contribution in [0.2, 0.25) is 0 Å². The summed E-state index contributed by atoms with van der Waals surface area (Å²) in [7, 11) is 1.82. The summed E-state index contributed by atoms with van der Waals surface area (Å²) in [5, 5.41) is 31.6. The van der Waals surface area contributed by atoms with Gasteiger partial charge < -0.3 is 15.7 Å². The minimum atomic E-state index is 0.145. The van der Waals surface area contributed by atoms with Gasteiger partial charge in [0.2, 0.25) is 0 Å². The Morgan fingerprint density at radius 1 is 1.36 bits per heavy atom. The van der Waals surface area contributed by atoms with Gasteiger partial charge in [0.15, 0.2) is 0 Å². The normalized spacial score (nSPS) is 16.0. The lowest BCUT2D eigenvalue weighted by molar-refractivity contribution is 0.478. The minimum absolute atomic E-state index is 0.145. The molecule has 0 amide bonds. The number of rotatable bonds is 4.